The smallest absolute Gasteiger partial charge is 0.274 e. The Hall–Kier alpha value is -1.46. The van der Waals surface area contributed by atoms with E-state index in [0.717, 1.165) is 12.8 Å². The molecule has 6 heteroatoms. The molecule has 1 fully saturated rings. The Morgan fingerprint density at radius 3 is 2.95 bits per heavy atom. The average molecular weight is 294 g/mol. The third-order valence-electron chi connectivity index (χ3n) is 2.98. The number of carbonyl (C=O) groups is 1. The highest BCUT2D eigenvalue weighted by Crippen LogP contribution is 2.30. The first-order chi connectivity index (χ1) is 9.24. The maximum Gasteiger partial charge on any atom is 0.274 e. The van der Waals surface area contributed by atoms with Crippen molar-refractivity contribution in [2.75, 3.05) is 0 Å². The van der Waals surface area contributed by atoms with Gasteiger partial charge in [0.1, 0.15) is 10.8 Å². The maximum absolute atomic E-state index is 12.5. The molecule has 1 aliphatic carbocycles. The van der Waals surface area contributed by atoms with Crippen LogP contribution in [0.3, 0.4) is 0 Å². The molecular weight excluding hydrogens is 282 g/mol. The van der Waals surface area contributed by atoms with Crippen LogP contribution in [0.4, 0.5) is 0 Å². The summed E-state index contributed by atoms with van der Waals surface area (Å²) in [4.78, 5) is 23.5. The zero-order valence-electron chi connectivity index (χ0n) is 10.1. The van der Waals surface area contributed by atoms with Crippen molar-refractivity contribution < 1.29 is 4.79 Å². The Kier molecular flexibility index (Phi) is 3.48. The molecule has 1 saturated carbocycles. The highest BCUT2D eigenvalue weighted by Gasteiger charge is 2.33. The molecule has 0 aliphatic heterocycles. The van der Waals surface area contributed by atoms with Gasteiger partial charge in [0.2, 0.25) is 0 Å². The van der Waals surface area contributed by atoms with Gasteiger partial charge in [-0.15, -0.1) is 11.3 Å². The predicted molar refractivity (Wildman–Crippen MR) is 74.3 cm³/mol. The second kappa shape index (κ2) is 5.27. The molecule has 0 atom stereocenters. The highest BCUT2D eigenvalue weighted by molar-refractivity contribution is 7.09. The molecule has 3 rings (SSSR count). The summed E-state index contributed by atoms with van der Waals surface area (Å²) in [5.74, 6) is -0.0918. The number of thiophene rings is 1. The minimum absolute atomic E-state index is 0.0918. The van der Waals surface area contributed by atoms with Crippen LogP contribution in [-0.4, -0.2) is 26.8 Å². The molecule has 0 unspecified atom stereocenters. The Morgan fingerprint density at radius 1 is 1.47 bits per heavy atom. The van der Waals surface area contributed by atoms with E-state index in [1.807, 2.05) is 22.4 Å². The Balaban J connectivity index is 1.82. The molecule has 98 valence electrons. The van der Waals surface area contributed by atoms with Crippen molar-refractivity contribution in [1.82, 2.24) is 14.9 Å². The molecule has 2 heterocycles. The molecule has 4 nitrogen and oxygen atoms in total. The molecule has 0 aromatic carbocycles. The van der Waals surface area contributed by atoms with Gasteiger partial charge in [-0.3, -0.25) is 9.78 Å². The van der Waals surface area contributed by atoms with E-state index in [2.05, 4.69) is 9.97 Å². The molecule has 0 radical (unpaired) electrons. The number of hydrogen-bond donors (Lipinski definition) is 0. The summed E-state index contributed by atoms with van der Waals surface area (Å²) < 4.78 is 0. The van der Waals surface area contributed by atoms with Crippen LogP contribution in [0.15, 0.2) is 29.9 Å². The molecule has 19 heavy (non-hydrogen) atoms. The lowest BCUT2D eigenvalue weighted by atomic mass is 10.3. The first-order valence-corrected chi connectivity index (χ1v) is 7.30. The van der Waals surface area contributed by atoms with Crippen LogP contribution < -0.4 is 0 Å². The molecule has 0 N–H and O–H groups in total. The van der Waals surface area contributed by atoms with Gasteiger partial charge >= 0.3 is 0 Å². The number of halogens is 1. The molecule has 2 aromatic heterocycles. The van der Waals surface area contributed by atoms with E-state index in [1.54, 1.807) is 11.3 Å². The molecule has 0 spiro atoms. The average Bonchev–Trinajstić information content (AvgIpc) is 3.12. The number of nitrogens with zero attached hydrogens (tertiary/aromatic N) is 3. The third kappa shape index (κ3) is 2.93. The summed E-state index contributed by atoms with van der Waals surface area (Å²) in [6.07, 6.45) is 5.02. The minimum Gasteiger partial charge on any atom is -0.329 e. The van der Waals surface area contributed by atoms with Gasteiger partial charge in [-0.05, 0) is 24.3 Å². The summed E-state index contributed by atoms with van der Waals surface area (Å²) in [5, 5.41) is 2.27. The minimum atomic E-state index is -0.0918. The first-order valence-electron chi connectivity index (χ1n) is 6.05. The number of aromatic nitrogens is 2. The van der Waals surface area contributed by atoms with E-state index in [-0.39, 0.29) is 11.1 Å². The Morgan fingerprint density at radius 2 is 2.32 bits per heavy atom. The van der Waals surface area contributed by atoms with Crippen molar-refractivity contribution in [3.63, 3.8) is 0 Å². The third-order valence-corrected chi connectivity index (χ3v) is 4.02. The second-order valence-electron chi connectivity index (χ2n) is 4.47. The van der Waals surface area contributed by atoms with Gasteiger partial charge in [0.15, 0.2) is 0 Å². The van der Waals surface area contributed by atoms with Crippen LogP contribution in [0, 0.1) is 0 Å². The number of hydrogen-bond acceptors (Lipinski definition) is 4. The number of carbonyl (C=O) groups excluding carboxylic acids is 1. The van der Waals surface area contributed by atoms with E-state index in [4.69, 9.17) is 11.6 Å². The van der Waals surface area contributed by atoms with Crippen molar-refractivity contribution in [2.24, 2.45) is 0 Å². The fourth-order valence-corrected chi connectivity index (χ4v) is 2.77. The monoisotopic (exact) mass is 293 g/mol. The van der Waals surface area contributed by atoms with Gasteiger partial charge in [0.05, 0.1) is 18.9 Å². The van der Waals surface area contributed by atoms with Gasteiger partial charge in [-0.25, -0.2) is 4.98 Å². The van der Waals surface area contributed by atoms with E-state index in [0.29, 0.717) is 18.3 Å². The maximum atomic E-state index is 12.5. The fourth-order valence-electron chi connectivity index (χ4n) is 1.92. The first kappa shape index (κ1) is 12.6. The largest absolute Gasteiger partial charge is 0.329 e. The van der Waals surface area contributed by atoms with Gasteiger partial charge in [-0.1, -0.05) is 17.7 Å². The summed E-state index contributed by atoms with van der Waals surface area (Å²) >= 11 is 7.45. The molecule has 2 aromatic rings. The summed E-state index contributed by atoms with van der Waals surface area (Å²) in [6, 6.07) is 4.36. The van der Waals surface area contributed by atoms with Crippen molar-refractivity contribution in [3.05, 3.63) is 45.6 Å². The quantitative estimate of drug-likeness (QED) is 0.870. The molecule has 0 saturated heterocycles. The second-order valence-corrected chi connectivity index (χ2v) is 5.89. The van der Waals surface area contributed by atoms with E-state index in [1.165, 1.54) is 17.3 Å². The summed E-state index contributed by atoms with van der Waals surface area (Å²) in [6.45, 7) is 0.634. The van der Waals surface area contributed by atoms with E-state index in [9.17, 15) is 4.79 Å². The lowest BCUT2D eigenvalue weighted by molar-refractivity contribution is 0.0725. The SMILES string of the molecule is O=C(c1cncc(Cl)n1)N(Cc1cccs1)C1CC1. The van der Waals surface area contributed by atoms with Crippen LogP contribution in [0.25, 0.3) is 0 Å². The highest BCUT2D eigenvalue weighted by atomic mass is 35.5. The molecular formula is C13H12ClN3OS. The molecule has 1 aliphatic rings. The zero-order valence-corrected chi connectivity index (χ0v) is 11.7. The van der Waals surface area contributed by atoms with Gasteiger partial charge < -0.3 is 4.90 Å². The van der Waals surface area contributed by atoms with Crippen LogP contribution in [-0.2, 0) is 6.54 Å². The van der Waals surface area contributed by atoms with Crippen LogP contribution in [0.2, 0.25) is 5.15 Å². The fraction of sp³-hybridized carbons (Fsp3) is 0.308. The lowest BCUT2D eigenvalue weighted by Gasteiger charge is -2.21. The van der Waals surface area contributed by atoms with Gasteiger partial charge in [0, 0.05) is 10.9 Å². The van der Waals surface area contributed by atoms with Gasteiger partial charge in [-0.2, -0.15) is 0 Å². The van der Waals surface area contributed by atoms with E-state index < -0.39 is 0 Å². The zero-order chi connectivity index (χ0) is 13.2. The summed E-state index contributed by atoms with van der Waals surface area (Å²) in [7, 11) is 0. The van der Waals surface area contributed by atoms with Crippen LogP contribution in [0.5, 0.6) is 0 Å². The predicted octanol–water partition coefficient (Wildman–Crippen LogP) is 3.00. The normalized spacial score (nSPS) is 14.4. The molecule has 1 amide bonds. The summed E-state index contributed by atoms with van der Waals surface area (Å²) in [5.41, 5.74) is 0.316. The van der Waals surface area contributed by atoms with Crippen molar-refractivity contribution in [3.8, 4) is 0 Å². The number of rotatable bonds is 4. The van der Waals surface area contributed by atoms with Crippen molar-refractivity contribution in [2.45, 2.75) is 25.4 Å². The van der Waals surface area contributed by atoms with Gasteiger partial charge in [0.25, 0.3) is 5.91 Å². The van der Waals surface area contributed by atoms with E-state index >= 15 is 0 Å². The molecule has 0 bridgehead atoms. The standard InChI is InChI=1S/C13H12ClN3OS/c14-12-7-15-6-11(16-12)13(18)17(9-3-4-9)8-10-2-1-5-19-10/h1-2,5-7,9H,3-4,8H2. The Labute approximate surface area is 120 Å². The van der Waals surface area contributed by atoms with Crippen molar-refractivity contribution in [1.29, 1.82) is 0 Å². The number of amides is 1. The van der Waals surface area contributed by atoms with Crippen LogP contribution in [0.1, 0.15) is 28.2 Å². The van der Waals surface area contributed by atoms with Crippen LogP contribution >= 0.6 is 22.9 Å². The van der Waals surface area contributed by atoms with Crippen molar-refractivity contribution >= 4 is 28.8 Å². The lowest BCUT2D eigenvalue weighted by Crippen LogP contribution is -2.33. The Bertz CT molecular complexity index is 583. The topological polar surface area (TPSA) is 46.1 Å².